The number of hydrogen-bond acceptors (Lipinski definition) is 4. The number of nitrogens with zero attached hydrogens (tertiary/aromatic N) is 2. The number of benzene rings is 2. The molecule has 152 valence electrons. The molecule has 0 radical (unpaired) electrons. The minimum atomic E-state index is -1.00. The Morgan fingerprint density at radius 1 is 1.18 bits per heavy atom. The topological polar surface area (TPSA) is 66.3 Å². The number of methoxy groups -OCH3 is 1. The molecule has 2 aromatic rings. The van der Waals surface area contributed by atoms with Gasteiger partial charge >= 0.3 is 0 Å². The zero-order chi connectivity index (χ0) is 20.4. The number of likely N-dealkylation sites (N-methyl/N-ethyl adjacent to an activating group) is 1. The lowest BCUT2D eigenvalue weighted by molar-refractivity contribution is 0.181. The number of ether oxygens (including phenoxy) is 2. The number of aliphatic hydroxyl groups is 1. The van der Waals surface area contributed by atoms with Gasteiger partial charge < -0.3 is 24.8 Å². The van der Waals surface area contributed by atoms with E-state index in [0.717, 1.165) is 11.5 Å². The number of nitrogens with one attached hydrogen (secondary N) is 1. The smallest absolute Gasteiger partial charge is 0.193 e. The van der Waals surface area contributed by atoms with Gasteiger partial charge in [0, 0.05) is 19.2 Å². The van der Waals surface area contributed by atoms with Crippen LogP contribution in [0.2, 0.25) is 0 Å². The van der Waals surface area contributed by atoms with Crippen LogP contribution in [0.5, 0.6) is 11.5 Å². The monoisotopic (exact) mass is 389 g/mol. The van der Waals surface area contributed by atoms with Crippen LogP contribution in [0.25, 0.3) is 0 Å². The summed E-state index contributed by atoms with van der Waals surface area (Å²) in [6, 6.07) is 13.6. The molecule has 0 bridgehead atoms. The van der Waals surface area contributed by atoms with Gasteiger partial charge in [-0.3, -0.25) is 4.99 Å². The Hall–Kier alpha value is -2.80. The first kappa shape index (κ1) is 21.5. The predicted molar refractivity (Wildman–Crippen MR) is 108 cm³/mol. The van der Waals surface area contributed by atoms with Crippen LogP contribution in [0.4, 0.5) is 4.39 Å². The highest BCUT2D eigenvalue weighted by Gasteiger charge is 2.13. The van der Waals surface area contributed by atoms with Crippen molar-refractivity contribution in [1.29, 1.82) is 0 Å². The molecule has 0 aromatic heterocycles. The van der Waals surface area contributed by atoms with Gasteiger partial charge in [-0.05, 0) is 37.3 Å². The van der Waals surface area contributed by atoms with E-state index in [1.54, 1.807) is 25.3 Å². The van der Waals surface area contributed by atoms with Gasteiger partial charge in [-0.1, -0.05) is 18.2 Å². The second-order valence-corrected chi connectivity index (χ2v) is 6.18. The second kappa shape index (κ2) is 11.1. The summed E-state index contributed by atoms with van der Waals surface area (Å²) in [4.78, 5) is 6.33. The quantitative estimate of drug-likeness (QED) is 0.510. The minimum absolute atomic E-state index is 0.0624. The highest BCUT2D eigenvalue weighted by Crippen LogP contribution is 2.18. The van der Waals surface area contributed by atoms with E-state index in [1.807, 2.05) is 43.1 Å². The van der Waals surface area contributed by atoms with Crippen molar-refractivity contribution in [2.24, 2.45) is 4.99 Å². The Labute approximate surface area is 165 Å². The first-order valence-corrected chi connectivity index (χ1v) is 9.24. The van der Waals surface area contributed by atoms with Crippen LogP contribution in [0.15, 0.2) is 53.5 Å². The highest BCUT2D eigenvalue weighted by molar-refractivity contribution is 5.79. The van der Waals surface area contributed by atoms with Crippen molar-refractivity contribution in [2.45, 2.75) is 13.0 Å². The molecule has 0 fully saturated rings. The van der Waals surface area contributed by atoms with E-state index in [1.165, 1.54) is 6.07 Å². The van der Waals surface area contributed by atoms with Gasteiger partial charge in [-0.15, -0.1) is 0 Å². The number of rotatable bonds is 9. The lowest BCUT2D eigenvalue weighted by Gasteiger charge is -2.22. The third-order valence-corrected chi connectivity index (χ3v) is 4.13. The zero-order valence-electron chi connectivity index (χ0n) is 16.6. The van der Waals surface area contributed by atoms with Crippen LogP contribution in [-0.2, 0) is 0 Å². The van der Waals surface area contributed by atoms with Gasteiger partial charge in [0.25, 0.3) is 0 Å². The Morgan fingerprint density at radius 2 is 1.86 bits per heavy atom. The van der Waals surface area contributed by atoms with Gasteiger partial charge in [-0.2, -0.15) is 0 Å². The van der Waals surface area contributed by atoms with Crippen LogP contribution in [0, 0.1) is 5.82 Å². The molecule has 0 aliphatic carbocycles. The van der Waals surface area contributed by atoms with Crippen molar-refractivity contribution in [3.63, 3.8) is 0 Å². The SMILES string of the molecule is CCNC(=NCC(O)c1ccccc1F)N(C)CCOc1ccc(OC)cc1. The molecular weight excluding hydrogens is 361 g/mol. The third-order valence-electron chi connectivity index (χ3n) is 4.13. The van der Waals surface area contributed by atoms with Crippen molar-refractivity contribution in [3.8, 4) is 11.5 Å². The first-order chi connectivity index (χ1) is 13.5. The maximum atomic E-state index is 13.8. The summed E-state index contributed by atoms with van der Waals surface area (Å²) in [5, 5.41) is 13.4. The van der Waals surface area contributed by atoms with E-state index >= 15 is 0 Å². The second-order valence-electron chi connectivity index (χ2n) is 6.18. The average molecular weight is 389 g/mol. The molecule has 6 nitrogen and oxygen atoms in total. The maximum Gasteiger partial charge on any atom is 0.193 e. The Kier molecular flexibility index (Phi) is 8.55. The summed E-state index contributed by atoms with van der Waals surface area (Å²) in [6.07, 6.45) is -1.00. The summed E-state index contributed by atoms with van der Waals surface area (Å²) in [7, 11) is 3.50. The van der Waals surface area contributed by atoms with Gasteiger partial charge in [-0.25, -0.2) is 4.39 Å². The molecule has 1 atom stereocenters. The normalized spacial score (nSPS) is 12.4. The molecule has 0 heterocycles. The fourth-order valence-corrected chi connectivity index (χ4v) is 2.56. The lowest BCUT2D eigenvalue weighted by atomic mass is 10.1. The highest BCUT2D eigenvalue weighted by atomic mass is 19.1. The van der Waals surface area contributed by atoms with Gasteiger partial charge in [0.15, 0.2) is 5.96 Å². The van der Waals surface area contributed by atoms with Crippen molar-refractivity contribution in [3.05, 3.63) is 59.9 Å². The largest absolute Gasteiger partial charge is 0.497 e. The van der Waals surface area contributed by atoms with Gasteiger partial charge in [0.1, 0.15) is 30.0 Å². The molecule has 0 saturated heterocycles. The molecule has 2 rings (SSSR count). The number of aliphatic hydroxyl groups excluding tert-OH is 1. The minimum Gasteiger partial charge on any atom is -0.497 e. The Bertz CT molecular complexity index is 753. The predicted octanol–water partition coefficient (Wildman–Crippen LogP) is 2.84. The molecule has 1 unspecified atom stereocenters. The Morgan fingerprint density at radius 3 is 2.50 bits per heavy atom. The van der Waals surface area contributed by atoms with Crippen molar-refractivity contribution < 1.29 is 19.0 Å². The molecule has 0 aliphatic heterocycles. The molecule has 0 saturated carbocycles. The van der Waals surface area contributed by atoms with Crippen LogP contribution in [-0.4, -0.2) is 56.4 Å². The summed E-state index contributed by atoms with van der Waals surface area (Å²) in [5.74, 6) is 1.72. The van der Waals surface area contributed by atoms with Crippen molar-refractivity contribution in [2.75, 3.05) is 40.4 Å². The fraction of sp³-hybridized carbons (Fsp3) is 0.381. The number of hydrogen-bond donors (Lipinski definition) is 2. The third kappa shape index (κ3) is 6.42. The van der Waals surface area contributed by atoms with E-state index in [9.17, 15) is 9.50 Å². The van der Waals surface area contributed by atoms with Crippen LogP contribution < -0.4 is 14.8 Å². The van der Waals surface area contributed by atoms with Gasteiger partial charge in [0.2, 0.25) is 0 Å². The van der Waals surface area contributed by atoms with Crippen molar-refractivity contribution in [1.82, 2.24) is 10.2 Å². The summed E-state index contributed by atoms with van der Waals surface area (Å²) < 4.78 is 24.6. The van der Waals surface area contributed by atoms with E-state index in [0.29, 0.717) is 25.7 Å². The van der Waals surface area contributed by atoms with E-state index < -0.39 is 11.9 Å². The molecule has 0 spiro atoms. The van der Waals surface area contributed by atoms with Crippen molar-refractivity contribution >= 4 is 5.96 Å². The van der Waals surface area contributed by atoms with Crippen LogP contribution in [0.1, 0.15) is 18.6 Å². The van der Waals surface area contributed by atoms with Crippen LogP contribution in [0.3, 0.4) is 0 Å². The van der Waals surface area contributed by atoms with E-state index in [-0.39, 0.29) is 12.1 Å². The molecule has 0 aliphatic rings. The fourth-order valence-electron chi connectivity index (χ4n) is 2.56. The standard InChI is InChI=1S/C21H28FN3O3/c1-4-23-21(24-15-20(26)18-7-5-6-8-19(18)22)25(2)13-14-28-17-11-9-16(27-3)10-12-17/h5-12,20,26H,4,13-15H2,1-3H3,(H,23,24). The van der Waals surface area contributed by atoms with Gasteiger partial charge in [0.05, 0.1) is 20.2 Å². The molecule has 2 N–H and O–H groups in total. The molecule has 28 heavy (non-hydrogen) atoms. The van der Waals surface area contributed by atoms with Crippen LogP contribution >= 0.6 is 0 Å². The summed E-state index contributed by atoms with van der Waals surface area (Å²) in [6.45, 7) is 3.76. The molecule has 0 amide bonds. The van der Waals surface area contributed by atoms with E-state index in [2.05, 4.69) is 10.3 Å². The molecular formula is C21H28FN3O3. The number of aliphatic imine (C=N–C) groups is 1. The Balaban J connectivity index is 1.89. The van der Waals surface area contributed by atoms with E-state index in [4.69, 9.17) is 9.47 Å². The first-order valence-electron chi connectivity index (χ1n) is 9.24. The molecule has 7 heteroatoms. The zero-order valence-corrected chi connectivity index (χ0v) is 16.6. The number of halogens is 1. The maximum absolute atomic E-state index is 13.8. The number of guanidine groups is 1. The average Bonchev–Trinajstić information content (AvgIpc) is 2.71. The summed E-state index contributed by atoms with van der Waals surface area (Å²) in [5.41, 5.74) is 0.243. The summed E-state index contributed by atoms with van der Waals surface area (Å²) >= 11 is 0. The lowest BCUT2D eigenvalue weighted by Crippen LogP contribution is -2.41. The molecule has 2 aromatic carbocycles.